The minimum Gasteiger partial charge on any atom is -0.292 e. The van der Waals surface area contributed by atoms with Gasteiger partial charge in [-0.05, 0) is 115 Å². The van der Waals surface area contributed by atoms with Gasteiger partial charge in [0, 0.05) is 16.5 Å². The largest absolute Gasteiger partial charge is 0.292 e. The van der Waals surface area contributed by atoms with E-state index >= 15 is 0 Å². The van der Waals surface area contributed by atoms with Crippen molar-refractivity contribution in [1.29, 1.82) is 0 Å². The van der Waals surface area contributed by atoms with E-state index in [0.29, 0.717) is 11.8 Å². The molecule has 0 spiro atoms. The maximum Gasteiger partial charge on any atom is 0.147 e. The van der Waals surface area contributed by atoms with Crippen molar-refractivity contribution in [3.8, 4) is 11.1 Å². The molecule has 3 heterocycles. The molecule has 6 rings (SSSR count). The molecule has 0 aliphatic carbocycles. The minimum absolute atomic E-state index is 0.599. The third-order valence-corrected chi connectivity index (χ3v) is 7.77. The Balaban J connectivity index is 1.74. The molecule has 0 saturated carbocycles. The van der Waals surface area contributed by atoms with Gasteiger partial charge in [0.25, 0.3) is 0 Å². The number of hydrogen-bond acceptors (Lipinski definition) is 2. The van der Waals surface area contributed by atoms with Gasteiger partial charge in [0.1, 0.15) is 5.65 Å². The van der Waals surface area contributed by atoms with Crippen molar-refractivity contribution in [2.24, 2.45) is 11.8 Å². The number of aromatic nitrogens is 3. The highest BCUT2D eigenvalue weighted by atomic mass is 15.0. The summed E-state index contributed by atoms with van der Waals surface area (Å²) in [5.74, 6) is 1.20. The van der Waals surface area contributed by atoms with E-state index in [0.717, 1.165) is 46.1 Å². The summed E-state index contributed by atoms with van der Waals surface area (Å²) in [7, 11) is 0. The maximum absolute atomic E-state index is 5.24. The van der Waals surface area contributed by atoms with Crippen molar-refractivity contribution in [3.63, 3.8) is 0 Å². The first kappa shape index (κ1) is 24.6. The van der Waals surface area contributed by atoms with Crippen molar-refractivity contribution in [1.82, 2.24) is 14.4 Å². The molecule has 0 radical (unpaired) electrons. The predicted octanol–water partition coefficient (Wildman–Crippen LogP) is 9.18. The molecule has 3 nitrogen and oxygen atoms in total. The molecule has 0 atom stereocenters. The zero-order valence-electron chi connectivity index (χ0n) is 23.7. The van der Waals surface area contributed by atoms with E-state index in [4.69, 9.17) is 9.97 Å². The van der Waals surface area contributed by atoms with Crippen molar-refractivity contribution >= 4 is 38.5 Å². The van der Waals surface area contributed by atoms with Crippen LogP contribution in [0.25, 0.3) is 49.6 Å². The summed E-state index contributed by atoms with van der Waals surface area (Å²) in [6.45, 7) is 15.7. The SMILES string of the molecule is Cc1ccc2c(n1)c1cc(-c3c(C)cccc3C)ccc1n1c3cc(CC(C)C)c(CC(C)C)cc3nc21. The van der Waals surface area contributed by atoms with Gasteiger partial charge in [0.2, 0.25) is 0 Å². The van der Waals surface area contributed by atoms with Gasteiger partial charge in [0.15, 0.2) is 0 Å². The normalized spacial score (nSPS) is 12.2. The molecular formula is C35H37N3. The van der Waals surface area contributed by atoms with Crippen LogP contribution in [0.3, 0.4) is 0 Å². The van der Waals surface area contributed by atoms with Crippen LogP contribution >= 0.6 is 0 Å². The topological polar surface area (TPSA) is 30.2 Å². The molecular weight excluding hydrogens is 462 g/mol. The van der Waals surface area contributed by atoms with Gasteiger partial charge in [-0.15, -0.1) is 0 Å². The van der Waals surface area contributed by atoms with Gasteiger partial charge in [-0.2, -0.15) is 0 Å². The molecule has 0 aliphatic heterocycles. The van der Waals surface area contributed by atoms with E-state index in [1.807, 2.05) is 0 Å². The Hall–Kier alpha value is -3.72. The molecule has 0 N–H and O–H groups in total. The highest BCUT2D eigenvalue weighted by molar-refractivity contribution is 6.13. The average Bonchev–Trinajstić information content (AvgIpc) is 3.22. The van der Waals surface area contributed by atoms with Gasteiger partial charge in [0.05, 0.1) is 22.1 Å². The Kier molecular flexibility index (Phi) is 5.98. The first-order valence-electron chi connectivity index (χ1n) is 13.9. The van der Waals surface area contributed by atoms with Gasteiger partial charge in [-0.3, -0.25) is 9.38 Å². The lowest BCUT2D eigenvalue weighted by Crippen LogP contribution is -2.03. The van der Waals surface area contributed by atoms with Crippen LogP contribution in [0.4, 0.5) is 0 Å². The summed E-state index contributed by atoms with van der Waals surface area (Å²) in [6.07, 6.45) is 2.15. The second-order valence-corrected chi connectivity index (χ2v) is 11.9. The molecule has 3 aromatic heterocycles. The summed E-state index contributed by atoms with van der Waals surface area (Å²) in [5.41, 5.74) is 14.5. The van der Waals surface area contributed by atoms with Gasteiger partial charge < -0.3 is 0 Å². The standard InChI is InChI=1S/C35H37N3/c1-20(2)15-26-18-30-32(19-27(26)16-21(3)4)38-31-14-12-25(33-22(5)9-8-10-23(33)6)17-29(31)34-28(35(38)37-30)13-11-24(7)36-34/h8-14,17-21H,15-16H2,1-7H3. The summed E-state index contributed by atoms with van der Waals surface area (Å²) < 4.78 is 2.38. The number of hydrogen-bond donors (Lipinski definition) is 0. The van der Waals surface area contributed by atoms with E-state index in [-0.39, 0.29) is 0 Å². The number of fused-ring (bicyclic) bond motifs is 8. The fourth-order valence-corrected chi connectivity index (χ4v) is 6.18. The summed E-state index contributed by atoms with van der Waals surface area (Å²) in [6, 6.07) is 22.5. The predicted molar refractivity (Wildman–Crippen MR) is 162 cm³/mol. The fraction of sp³-hybridized carbons (Fsp3) is 0.314. The molecule has 0 aliphatic rings. The zero-order valence-corrected chi connectivity index (χ0v) is 23.7. The first-order valence-corrected chi connectivity index (χ1v) is 13.9. The second kappa shape index (κ2) is 9.23. The Labute approximate surface area is 225 Å². The van der Waals surface area contributed by atoms with Crippen molar-refractivity contribution in [2.75, 3.05) is 0 Å². The Morgan fingerprint density at radius 1 is 0.684 bits per heavy atom. The quantitative estimate of drug-likeness (QED) is 0.221. The molecule has 38 heavy (non-hydrogen) atoms. The van der Waals surface area contributed by atoms with E-state index in [9.17, 15) is 0 Å². The number of rotatable bonds is 5. The molecule has 0 saturated heterocycles. The van der Waals surface area contributed by atoms with Crippen LogP contribution in [-0.2, 0) is 12.8 Å². The van der Waals surface area contributed by atoms with Gasteiger partial charge in [-0.1, -0.05) is 52.0 Å². The number of aryl methyl sites for hydroxylation is 3. The highest BCUT2D eigenvalue weighted by Crippen LogP contribution is 2.36. The lowest BCUT2D eigenvalue weighted by atomic mass is 9.92. The number of benzene rings is 3. The van der Waals surface area contributed by atoms with Crippen LogP contribution in [0.5, 0.6) is 0 Å². The Morgan fingerprint density at radius 2 is 1.37 bits per heavy atom. The smallest absolute Gasteiger partial charge is 0.147 e. The van der Waals surface area contributed by atoms with Gasteiger partial charge in [-0.25, -0.2) is 4.98 Å². The number of imidazole rings is 1. The number of pyridine rings is 2. The third kappa shape index (κ3) is 4.05. The Morgan fingerprint density at radius 3 is 2.05 bits per heavy atom. The second-order valence-electron chi connectivity index (χ2n) is 11.9. The molecule has 6 aromatic rings. The van der Waals surface area contributed by atoms with Crippen LogP contribution in [0, 0.1) is 32.6 Å². The number of nitrogens with zero attached hydrogens (tertiary/aromatic N) is 3. The van der Waals surface area contributed by atoms with Crippen molar-refractivity contribution in [2.45, 2.75) is 61.3 Å². The van der Waals surface area contributed by atoms with Crippen LogP contribution in [0.1, 0.15) is 55.6 Å². The van der Waals surface area contributed by atoms with E-state index in [1.165, 1.54) is 44.3 Å². The molecule has 0 amide bonds. The summed E-state index contributed by atoms with van der Waals surface area (Å²) >= 11 is 0. The van der Waals surface area contributed by atoms with E-state index in [1.54, 1.807) is 0 Å². The van der Waals surface area contributed by atoms with Crippen molar-refractivity contribution < 1.29 is 0 Å². The monoisotopic (exact) mass is 499 g/mol. The summed E-state index contributed by atoms with van der Waals surface area (Å²) in [5, 5.41) is 2.28. The summed E-state index contributed by atoms with van der Waals surface area (Å²) in [4.78, 5) is 10.3. The van der Waals surface area contributed by atoms with Crippen LogP contribution < -0.4 is 0 Å². The van der Waals surface area contributed by atoms with Crippen molar-refractivity contribution in [3.05, 3.63) is 88.6 Å². The van der Waals surface area contributed by atoms with E-state index in [2.05, 4.69) is 114 Å². The Bertz CT molecular complexity index is 1830. The fourth-order valence-electron chi connectivity index (χ4n) is 6.18. The molecule has 192 valence electrons. The lowest BCUT2D eigenvalue weighted by Gasteiger charge is -2.15. The van der Waals surface area contributed by atoms with E-state index < -0.39 is 0 Å². The van der Waals surface area contributed by atoms with Crippen LogP contribution in [0.15, 0.2) is 60.7 Å². The first-order chi connectivity index (χ1) is 18.2. The average molecular weight is 500 g/mol. The molecule has 3 aromatic carbocycles. The van der Waals surface area contributed by atoms with Crippen LogP contribution in [-0.4, -0.2) is 14.4 Å². The molecule has 0 fully saturated rings. The lowest BCUT2D eigenvalue weighted by molar-refractivity contribution is 0.616. The third-order valence-electron chi connectivity index (χ3n) is 7.77. The van der Waals surface area contributed by atoms with Gasteiger partial charge >= 0.3 is 0 Å². The highest BCUT2D eigenvalue weighted by Gasteiger charge is 2.18. The molecule has 0 unspecified atom stereocenters. The minimum atomic E-state index is 0.599. The molecule has 0 bridgehead atoms. The zero-order chi connectivity index (χ0) is 26.7. The van der Waals surface area contributed by atoms with Crippen LogP contribution in [0.2, 0.25) is 0 Å². The maximum atomic E-state index is 5.24. The molecule has 3 heteroatoms.